The fraction of sp³-hybridized carbons (Fsp3) is 0.333. The van der Waals surface area contributed by atoms with Gasteiger partial charge in [0.05, 0.1) is 0 Å². The lowest BCUT2D eigenvalue weighted by molar-refractivity contribution is 0.267. The van der Waals surface area contributed by atoms with E-state index in [-0.39, 0.29) is 0 Å². The molecule has 2 heteroatoms. The minimum Gasteiger partial charge on any atom is -0.490 e. The van der Waals surface area contributed by atoms with Crippen molar-refractivity contribution < 1.29 is 9.47 Å². The first-order valence-electron chi connectivity index (χ1n) is 3.82. The minimum atomic E-state index is 0.333. The summed E-state index contributed by atoms with van der Waals surface area (Å²) in [7, 11) is 0. The van der Waals surface area contributed by atoms with E-state index in [4.69, 9.17) is 9.47 Å². The summed E-state index contributed by atoms with van der Waals surface area (Å²) in [5.74, 6) is 0.992. The highest BCUT2D eigenvalue weighted by atomic mass is 16.6. The molecule has 0 saturated carbocycles. The van der Waals surface area contributed by atoms with E-state index in [9.17, 15) is 0 Å². The summed E-state index contributed by atoms with van der Waals surface area (Å²) < 4.78 is 10.8. The second-order valence-electron chi connectivity index (χ2n) is 2.94. The van der Waals surface area contributed by atoms with Crippen LogP contribution in [0.2, 0.25) is 0 Å². The number of fused-ring (bicyclic) bond motifs is 3. The maximum atomic E-state index is 5.45. The van der Waals surface area contributed by atoms with Crippen LogP contribution in [-0.4, -0.2) is 12.7 Å². The fourth-order valence-corrected chi connectivity index (χ4v) is 1.56. The van der Waals surface area contributed by atoms with Gasteiger partial charge in [-0.05, 0) is 6.07 Å². The summed E-state index contributed by atoms with van der Waals surface area (Å²) in [5, 5.41) is 0. The van der Waals surface area contributed by atoms with Crippen LogP contribution in [-0.2, 0) is 4.74 Å². The number of hydrogen-bond donors (Lipinski definition) is 0. The van der Waals surface area contributed by atoms with Gasteiger partial charge in [-0.25, -0.2) is 0 Å². The van der Waals surface area contributed by atoms with Crippen molar-refractivity contribution in [3.05, 3.63) is 29.8 Å². The molecule has 0 spiro atoms. The molecule has 0 N–H and O–H groups in total. The molecule has 2 atom stereocenters. The zero-order valence-electron chi connectivity index (χ0n) is 5.99. The molecule has 0 aliphatic carbocycles. The summed E-state index contributed by atoms with van der Waals surface area (Å²) in [6.45, 7) is 0.724. The van der Waals surface area contributed by atoms with Gasteiger partial charge >= 0.3 is 0 Å². The summed E-state index contributed by atoms with van der Waals surface area (Å²) in [6.07, 6.45) is 0.671. The topological polar surface area (TPSA) is 21.8 Å². The van der Waals surface area contributed by atoms with Crippen LogP contribution in [0.1, 0.15) is 11.7 Å². The first-order chi connectivity index (χ1) is 5.45. The maximum Gasteiger partial charge on any atom is 0.125 e. The maximum absolute atomic E-state index is 5.45. The molecule has 3 rings (SSSR count). The van der Waals surface area contributed by atoms with Gasteiger partial charge in [0.25, 0.3) is 0 Å². The van der Waals surface area contributed by atoms with E-state index < -0.39 is 0 Å². The Morgan fingerprint density at radius 2 is 2.18 bits per heavy atom. The van der Waals surface area contributed by atoms with Crippen LogP contribution in [0, 0.1) is 0 Å². The third-order valence-corrected chi connectivity index (χ3v) is 2.21. The third kappa shape index (κ3) is 0.701. The van der Waals surface area contributed by atoms with Gasteiger partial charge in [0.15, 0.2) is 0 Å². The van der Waals surface area contributed by atoms with Crippen LogP contribution in [0.15, 0.2) is 24.3 Å². The average Bonchev–Trinajstić information content (AvgIpc) is 2.83. The normalized spacial score (nSPS) is 31.6. The number of epoxide rings is 1. The lowest BCUT2D eigenvalue weighted by Crippen LogP contribution is -2.11. The average molecular weight is 148 g/mol. The van der Waals surface area contributed by atoms with Crippen molar-refractivity contribution in [2.45, 2.75) is 12.2 Å². The molecule has 1 aromatic rings. The molecule has 0 amide bonds. The van der Waals surface area contributed by atoms with E-state index in [1.54, 1.807) is 0 Å². The highest BCUT2D eigenvalue weighted by molar-refractivity contribution is 5.39. The Kier molecular flexibility index (Phi) is 0.902. The number of hydrogen-bond acceptors (Lipinski definition) is 2. The Balaban J connectivity index is 2.14. The molecular formula is C9H8O2. The standard InChI is InChI=1S/C9H8O2/c1-2-4-7-6(3-1)9-8(11-9)5-10-7/h1-4,8-9H,5H2/t8-,9-/m1/s1. The summed E-state index contributed by atoms with van der Waals surface area (Å²) >= 11 is 0. The molecule has 2 nitrogen and oxygen atoms in total. The first-order valence-corrected chi connectivity index (χ1v) is 3.82. The minimum absolute atomic E-state index is 0.333. The van der Waals surface area contributed by atoms with Crippen LogP contribution < -0.4 is 4.74 Å². The van der Waals surface area contributed by atoms with E-state index in [1.807, 2.05) is 18.2 Å². The van der Waals surface area contributed by atoms with Crippen LogP contribution in [0.4, 0.5) is 0 Å². The van der Waals surface area contributed by atoms with E-state index in [0.29, 0.717) is 12.2 Å². The largest absolute Gasteiger partial charge is 0.490 e. The Hall–Kier alpha value is -1.02. The number of ether oxygens (including phenoxy) is 2. The van der Waals surface area contributed by atoms with Gasteiger partial charge in [-0.1, -0.05) is 18.2 Å². The molecule has 2 aliphatic rings. The Morgan fingerprint density at radius 1 is 1.27 bits per heavy atom. The first kappa shape index (κ1) is 5.61. The Morgan fingerprint density at radius 3 is 3.18 bits per heavy atom. The van der Waals surface area contributed by atoms with Gasteiger partial charge in [0.2, 0.25) is 0 Å². The summed E-state index contributed by atoms with van der Waals surface area (Å²) in [6, 6.07) is 8.07. The van der Waals surface area contributed by atoms with Crippen molar-refractivity contribution in [1.82, 2.24) is 0 Å². The van der Waals surface area contributed by atoms with Gasteiger partial charge in [0, 0.05) is 5.56 Å². The predicted molar refractivity (Wildman–Crippen MR) is 39.6 cm³/mol. The zero-order valence-corrected chi connectivity index (χ0v) is 5.99. The van der Waals surface area contributed by atoms with Gasteiger partial charge in [-0.15, -0.1) is 0 Å². The zero-order chi connectivity index (χ0) is 7.26. The molecule has 0 unspecified atom stereocenters. The van der Waals surface area contributed by atoms with Crippen molar-refractivity contribution in [2.24, 2.45) is 0 Å². The molecule has 2 heterocycles. The van der Waals surface area contributed by atoms with Crippen LogP contribution in [0.25, 0.3) is 0 Å². The van der Waals surface area contributed by atoms with E-state index in [1.165, 1.54) is 5.56 Å². The van der Waals surface area contributed by atoms with Crippen molar-refractivity contribution in [3.63, 3.8) is 0 Å². The lowest BCUT2D eigenvalue weighted by atomic mass is 10.1. The second-order valence-corrected chi connectivity index (χ2v) is 2.94. The number of benzene rings is 1. The SMILES string of the molecule is c1ccc2c(c1)OC[C@H]1O[C@H]21. The Labute approximate surface area is 64.7 Å². The van der Waals surface area contributed by atoms with E-state index in [2.05, 4.69) is 6.07 Å². The highest BCUT2D eigenvalue weighted by Crippen LogP contribution is 2.46. The quantitative estimate of drug-likeness (QED) is 0.520. The van der Waals surface area contributed by atoms with Gasteiger partial charge < -0.3 is 9.47 Å². The molecular weight excluding hydrogens is 140 g/mol. The van der Waals surface area contributed by atoms with Crippen molar-refractivity contribution in [3.8, 4) is 5.75 Å². The molecule has 0 radical (unpaired) electrons. The monoisotopic (exact) mass is 148 g/mol. The molecule has 0 bridgehead atoms. The summed E-state index contributed by atoms with van der Waals surface area (Å²) in [4.78, 5) is 0. The smallest absolute Gasteiger partial charge is 0.125 e. The van der Waals surface area contributed by atoms with Crippen LogP contribution in [0.3, 0.4) is 0 Å². The van der Waals surface area contributed by atoms with Gasteiger partial charge in [-0.3, -0.25) is 0 Å². The molecule has 56 valence electrons. The molecule has 2 aliphatic heterocycles. The van der Waals surface area contributed by atoms with Crippen molar-refractivity contribution in [1.29, 1.82) is 0 Å². The van der Waals surface area contributed by atoms with E-state index in [0.717, 1.165) is 12.4 Å². The molecule has 11 heavy (non-hydrogen) atoms. The van der Waals surface area contributed by atoms with Crippen molar-refractivity contribution in [2.75, 3.05) is 6.61 Å². The molecule has 1 fully saturated rings. The van der Waals surface area contributed by atoms with Crippen molar-refractivity contribution >= 4 is 0 Å². The molecule has 0 aromatic heterocycles. The second kappa shape index (κ2) is 1.77. The summed E-state index contributed by atoms with van der Waals surface area (Å²) in [5.41, 5.74) is 1.21. The Bertz CT molecular complexity index is 295. The molecule has 1 aromatic carbocycles. The number of para-hydroxylation sites is 1. The number of rotatable bonds is 0. The van der Waals surface area contributed by atoms with Crippen LogP contribution >= 0.6 is 0 Å². The van der Waals surface area contributed by atoms with Crippen LogP contribution in [0.5, 0.6) is 5.75 Å². The fourth-order valence-electron chi connectivity index (χ4n) is 1.56. The highest BCUT2D eigenvalue weighted by Gasteiger charge is 2.45. The predicted octanol–water partition coefficient (Wildman–Crippen LogP) is 1.52. The van der Waals surface area contributed by atoms with Gasteiger partial charge in [-0.2, -0.15) is 0 Å². The van der Waals surface area contributed by atoms with E-state index >= 15 is 0 Å². The lowest BCUT2D eigenvalue weighted by Gasteiger charge is -2.12. The van der Waals surface area contributed by atoms with Gasteiger partial charge in [0.1, 0.15) is 24.6 Å². The molecule has 1 saturated heterocycles. The third-order valence-electron chi connectivity index (χ3n) is 2.21.